The monoisotopic (exact) mass is 273 g/mol. The van der Waals surface area contributed by atoms with Crippen LogP contribution in [-0.2, 0) is 11.3 Å². The zero-order valence-corrected chi connectivity index (χ0v) is 11.8. The molecule has 0 radical (unpaired) electrons. The number of nitrogens with two attached hydrogens (primary N) is 1. The zero-order valence-electron chi connectivity index (χ0n) is 11.8. The number of primary amides is 1. The molecule has 1 aliphatic heterocycles. The van der Waals surface area contributed by atoms with E-state index in [1.54, 1.807) is 13.2 Å². The Morgan fingerprint density at radius 2 is 2.35 bits per heavy atom. The van der Waals surface area contributed by atoms with Gasteiger partial charge in [0.05, 0.1) is 18.1 Å². The Labute approximate surface area is 118 Å². The number of hydrogen-bond donors (Lipinski definition) is 1. The minimum absolute atomic E-state index is 0.243. The van der Waals surface area contributed by atoms with E-state index in [0.29, 0.717) is 24.4 Å². The van der Waals surface area contributed by atoms with Gasteiger partial charge in [-0.05, 0) is 37.6 Å². The number of benzene rings is 1. The van der Waals surface area contributed by atoms with Gasteiger partial charge >= 0.3 is 0 Å². The van der Waals surface area contributed by atoms with Gasteiger partial charge in [0.2, 0.25) is 5.91 Å². The molecule has 0 saturated carbocycles. The second-order valence-electron chi connectivity index (χ2n) is 5.53. The molecule has 2 rings (SSSR count). The molecule has 0 bridgehead atoms. The first-order valence-corrected chi connectivity index (χ1v) is 6.58. The van der Waals surface area contributed by atoms with Crippen molar-refractivity contribution in [1.82, 2.24) is 4.90 Å². The van der Waals surface area contributed by atoms with Gasteiger partial charge in [-0.2, -0.15) is 5.26 Å². The van der Waals surface area contributed by atoms with Gasteiger partial charge in [0.15, 0.2) is 0 Å². The summed E-state index contributed by atoms with van der Waals surface area (Å²) in [4.78, 5) is 13.6. The zero-order chi connectivity index (χ0) is 14.8. The maximum absolute atomic E-state index is 11.4. The van der Waals surface area contributed by atoms with Crippen LogP contribution in [0.4, 0.5) is 0 Å². The van der Waals surface area contributed by atoms with Gasteiger partial charge in [-0.3, -0.25) is 9.69 Å². The van der Waals surface area contributed by atoms with Crippen molar-refractivity contribution in [2.24, 2.45) is 11.1 Å². The van der Waals surface area contributed by atoms with Crippen LogP contribution in [0.2, 0.25) is 0 Å². The molecule has 1 unspecified atom stereocenters. The highest BCUT2D eigenvalue weighted by Crippen LogP contribution is 2.30. The number of amides is 1. The predicted octanol–water partition coefficient (Wildman–Crippen LogP) is 1.26. The summed E-state index contributed by atoms with van der Waals surface area (Å²) in [6.45, 7) is 4.12. The number of hydrogen-bond acceptors (Lipinski definition) is 4. The number of nitriles is 1. The van der Waals surface area contributed by atoms with Crippen molar-refractivity contribution >= 4 is 5.91 Å². The van der Waals surface area contributed by atoms with E-state index in [-0.39, 0.29) is 5.91 Å². The Kier molecular flexibility index (Phi) is 3.96. The maximum atomic E-state index is 11.4. The van der Waals surface area contributed by atoms with Gasteiger partial charge in [-0.15, -0.1) is 0 Å². The second-order valence-corrected chi connectivity index (χ2v) is 5.53. The number of carbonyl (C=O) groups excluding carboxylic acids is 1. The van der Waals surface area contributed by atoms with E-state index in [1.165, 1.54) is 0 Å². The number of rotatable bonds is 4. The smallest absolute Gasteiger partial charge is 0.224 e. The topological polar surface area (TPSA) is 79.3 Å². The first-order chi connectivity index (χ1) is 9.48. The third kappa shape index (κ3) is 2.75. The third-order valence-electron chi connectivity index (χ3n) is 3.94. The Bertz CT molecular complexity index is 565. The highest BCUT2D eigenvalue weighted by molar-refractivity contribution is 5.81. The van der Waals surface area contributed by atoms with Crippen molar-refractivity contribution in [3.05, 3.63) is 29.3 Å². The summed E-state index contributed by atoms with van der Waals surface area (Å²) in [5.74, 6) is 0.340. The summed E-state index contributed by atoms with van der Waals surface area (Å²) in [6, 6.07) is 7.71. The van der Waals surface area contributed by atoms with E-state index in [0.717, 1.165) is 18.5 Å². The largest absolute Gasteiger partial charge is 0.495 e. The number of methoxy groups -OCH3 is 1. The fourth-order valence-electron chi connectivity index (χ4n) is 2.59. The van der Waals surface area contributed by atoms with E-state index in [9.17, 15) is 4.79 Å². The van der Waals surface area contributed by atoms with Crippen LogP contribution in [-0.4, -0.2) is 31.0 Å². The summed E-state index contributed by atoms with van der Waals surface area (Å²) in [7, 11) is 1.55. The SMILES string of the molecule is COc1ccc(CN2CCC(C)(C(N)=O)C2)cc1C#N. The molecule has 5 nitrogen and oxygen atoms in total. The van der Waals surface area contributed by atoms with Crippen molar-refractivity contribution < 1.29 is 9.53 Å². The van der Waals surface area contributed by atoms with Crippen LogP contribution in [0.5, 0.6) is 5.75 Å². The molecule has 2 N–H and O–H groups in total. The number of carbonyl (C=O) groups is 1. The Hall–Kier alpha value is -2.06. The van der Waals surface area contributed by atoms with Gasteiger partial charge in [0, 0.05) is 13.1 Å². The minimum Gasteiger partial charge on any atom is -0.495 e. The molecule has 0 spiro atoms. The average Bonchev–Trinajstić information content (AvgIpc) is 2.81. The van der Waals surface area contributed by atoms with Crippen molar-refractivity contribution in [1.29, 1.82) is 5.26 Å². The molecular weight excluding hydrogens is 254 g/mol. The van der Waals surface area contributed by atoms with Crippen LogP contribution in [0.1, 0.15) is 24.5 Å². The summed E-state index contributed by atoms with van der Waals surface area (Å²) in [5.41, 5.74) is 6.57. The quantitative estimate of drug-likeness (QED) is 0.895. The van der Waals surface area contributed by atoms with E-state index in [1.807, 2.05) is 19.1 Å². The molecule has 20 heavy (non-hydrogen) atoms. The van der Waals surface area contributed by atoms with Gasteiger partial charge in [-0.1, -0.05) is 6.07 Å². The summed E-state index contributed by atoms with van der Waals surface area (Å²) >= 11 is 0. The van der Waals surface area contributed by atoms with E-state index in [2.05, 4.69) is 11.0 Å². The van der Waals surface area contributed by atoms with Crippen LogP contribution < -0.4 is 10.5 Å². The van der Waals surface area contributed by atoms with Crippen LogP contribution in [0.15, 0.2) is 18.2 Å². The Morgan fingerprint density at radius 1 is 1.60 bits per heavy atom. The molecule has 0 aromatic heterocycles. The molecule has 0 aliphatic carbocycles. The van der Waals surface area contributed by atoms with Crippen molar-refractivity contribution in [3.63, 3.8) is 0 Å². The molecule has 1 amide bonds. The standard InChI is InChI=1S/C15H19N3O2/c1-15(14(17)19)5-6-18(10-15)9-11-3-4-13(20-2)12(7-11)8-16/h3-4,7H,5-6,9-10H2,1-2H3,(H2,17,19). The highest BCUT2D eigenvalue weighted by atomic mass is 16.5. The average molecular weight is 273 g/mol. The first-order valence-electron chi connectivity index (χ1n) is 6.58. The lowest BCUT2D eigenvalue weighted by atomic mass is 9.89. The lowest BCUT2D eigenvalue weighted by Gasteiger charge is -2.21. The van der Waals surface area contributed by atoms with Crippen molar-refractivity contribution in [2.75, 3.05) is 20.2 Å². The van der Waals surface area contributed by atoms with Crippen LogP contribution >= 0.6 is 0 Å². The van der Waals surface area contributed by atoms with E-state index < -0.39 is 5.41 Å². The molecule has 1 aliphatic rings. The number of ether oxygens (including phenoxy) is 1. The maximum Gasteiger partial charge on any atom is 0.224 e. The molecule has 1 aromatic carbocycles. The fourth-order valence-corrected chi connectivity index (χ4v) is 2.59. The fraction of sp³-hybridized carbons (Fsp3) is 0.467. The van der Waals surface area contributed by atoms with E-state index in [4.69, 9.17) is 15.7 Å². The molecule has 1 fully saturated rings. The predicted molar refractivity (Wildman–Crippen MR) is 74.9 cm³/mol. The first kappa shape index (κ1) is 14.4. The summed E-state index contributed by atoms with van der Waals surface area (Å²) < 4.78 is 5.13. The van der Waals surface area contributed by atoms with E-state index >= 15 is 0 Å². The molecule has 1 saturated heterocycles. The molecule has 1 atom stereocenters. The van der Waals surface area contributed by atoms with Crippen LogP contribution in [0.25, 0.3) is 0 Å². The molecule has 1 aromatic rings. The molecule has 106 valence electrons. The second kappa shape index (κ2) is 5.51. The van der Waals surface area contributed by atoms with Gasteiger partial charge in [-0.25, -0.2) is 0 Å². The van der Waals surface area contributed by atoms with Crippen LogP contribution in [0, 0.1) is 16.7 Å². The third-order valence-corrected chi connectivity index (χ3v) is 3.94. The number of likely N-dealkylation sites (tertiary alicyclic amines) is 1. The normalized spacial score (nSPS) is 22.4. The molecule has 5 heteroatoms. The highest BCUT2D eigenvalue weighted by Gasteiger charge is 2.38. The Morgan fingerprint density at radius 3 is 2.90 bits per heavy atom. The lowest BCUT2D eigenvalue weighted by molar-refractivity contribution is -0.126. The molecule has 1 heterocycles. The van der Waals surface area contributed by atoms with Crippen molar-refractivity contribution in [3.8, 4) is 11.8 Å². The lowest BCUT2D eigenvalue weighted by Crippen LogP contribution is -2.36. The van der Waals surface area contributed by atoms with Gasteiger partial charge < -0.3 is 10.5 Å². The summed E-state index contributed by atoms with van der Waals surface area (Å²) in [5, 5.41) is 9.09. The molecular formula is C15H19N3O2. The van der Waals surface area contributed by atoms with Crippen molar-refractivity contribution in [2.45, 2.75) is 19.9 Å². The number of nitrogens with zero attached hydrogens (tertiary/aromatic N) is 2. The van der Waals surface area contributed by atoms with Crippen LogP contribution in [0.3, 0.4) is 0 Å². The van der Waals surface area contributed by atoms with Gasteiger partial charge in [0.25, 0.3) is 0 Å². The van der Waals surface area contributed by atoms with Gasteiger partial charge in [0.1, 0.15) is 11.8 Å². The Balaban J connectivity index is 2.09. The summed E-state index contributed by atoms with van der Waals surface area (Å²) in [6.07, 6.45) is 0.781. The minimum atomic E-state index is -0.440.